The molecule has 0 aliphatic carbocycles. The first kappa shape index (κ1) is 15.5. The zero-order valence-electron chi connectivity index (χ0n) is 12.6. The van der Waals surface area contributed by atoms with Crippen LogP contribution in [0.1, 0.15) is 11.1 Å². The fourth-order valence-electron chi connectivity index (χ4n) is 2.45. The van der Waals surface area contributed by atoms with E-state index in [2.05, 4.69) is 9.98 Å². The number of pyridine rings is 1. The lowest BCUT2D eigenvalue weighted by molar-refractivity contribution is -0.138. The van der Waals surface area contributed by atoms with Gasteiger partial charge in [0.1, 0.15) is 6.61 Å². The minimum atomic E-state index is -4.41. The molecule has 1 aliphatic heterocycles. The highest BCUT2D eigenvalue weighted by Crippen LogP contribution is 2.41. The van der Waals surface area contributed by atoms with Crippen molar-refractivity contribution in [3.05, 3.63) is 47.7 Å². The highest BCUT2D eigenvalue weighted by atomic mass is 19.4. The van der Waals surface area contributed by atoms with Gasteiger partial charge in [0.25, 0.3) is 0 Å². The number of rotatable bonds is 3. The molecule has 0 N–H and O–H groups in total. The Labute approximate surface area is 131 Å². The first-order chi connectivity index (χ1) is 10.8. The normalized spacial score (nSPS) is 15.5. The Bertz CT molecular complexity index is 769. The fourth-order valence-corrected chi connectivity index (χ4v) is 2.45. The molecule has 2 aromatic rings. The van der Waals surface area contributed by atoms with Gasteiger partial charge in [-0.15, -0.1) is 0 Å². The molecule has 0 unspecified atom stereocenters. The molecule has 1 aromatic carbocycles. The third-order valence-electron chi connectivity index (χ3n) is 3.65. The summed E-state index contributed by atoms with van der Waals surface area (Å²) in [5.41, 5.74) is 0.809. The Morgan fingerprint density at radius 3 is 2.61 bits per heavy atom. The molecule has 7 heteroatoms. The van der Waals surface area contributed by atoms with Crippen LogP contribution in [0.2, 0.25) is 0 Å². The highest BCUT2D eigenvalue weighted by Gasteiger charge is 2.34. The molecule has 120 valence electrons. The van der Waals surface area contributed by atoms with Crippen LogP contribution >= 0.6 is 0 Å². The van der Waals surface area contributed by atoms with Crippen LogP contribution in [0.25, 0.3) is 0 Å². The van der Waals surface area contributed by atoms with Crippen molar-refractivity contribution in [2.24, 2.45) is 4.99 Å². The average molecular weight is 322 g/mol. The van der Waals surface area contributed by atoms with E-state index in [1.165, 1.54) is 12.1 Å². The van der Waals surface area contributed by atoms with E-state index in [4.69, 9.17) is 4.74 Å². The number of halogens is 3. The Hall–Kier alpha value is -2.41. The monoisotopic (exact) mass is 322 g/mol. The minimum absolute atomic E-state index is 0.0649. The highest BCUT2D eigenvalue weighted by molar-refractivity contribution is 5.89. The van der Waals surface area contributed by atoms with Crippen LogP contribution in [0.15, 0.2) is 41.5 Å². The number of fused-ring (bicyclic) bond motifs is 1. The quantitative estimate of drug-likeness (QED) is 0.803. The summed E-state index contributed by atoms with van der Waals surface area (Å²) in [4.78, 5) is 8.37. The molecular weight excluding hydrogens is 307 g/mol. The summed E-state index contributed by atoms with van der Waals surface area (Å²) in [5.74, 6) is 0.236. The summed E-state index contributed by atoms with van der Waals surface area (Å²) < 4.78 is 45.0. The summed E-state index contributed by atoms with van der Waals surface area (Å²) in [6.45, 7) is -0.220. The van der Waals surface area contributed by atoms with E-state index in [1.807, 2.05) is 20.2 Å². The molecule has 4 nitrogen and oxygen atoms in total. The number of benzene rings is 1. The van der Waals surface area contributed by atoms with Gasteiger partial charge in [0.05, 0.1) is 19.7 Å². The second kappa shape index (κ2) is 5.34. The van der Waals surface area contributed by atoms with E-state index in [1.54, 1.807) is 18.6 Å². The standard InChI is InChI=1S/C16H15F3N3O/c1-22(2)10-21-14-13(22)7-8-20-15(14)23-9-11-5-3-4-6-12(11)16(17,18)19/h3-8,10H,9H2,1-2H3/q+1. The number of aromatic nitrogens is 1. The maximum atomic E-state index is 13.0. The van der Waals surface area contributed by atoms with Crippen molar-refractivity contribution in [1.29, 1.82) is 0 Å². The van der Waals surface area contributed by atoms with E-state index in [0.29, 0.717) is 10.2 Å². The number of hydrogen-bond donors (Lipinski definition) is 0. The van der Waals surface area contributed by atoms with Crippen LogP contribution in [-0.2, 0) is 12.8 Å². The van der Waals surface area contributed by atoms with Gasteiger partial charge in [-0.25, -0.2) is 4.98 Å². The van der Waals surface area contributed by atoms with Gasteiger partial charge in [-0.3, -0.25) is 4.48 Å². The molecule has 1 aliphatic rings. The number of hydrogen-bond acceptors (Lipinski definition) is 3. The Morgan fingerprint density at radius 2 is 1.87 bits per heavy atom. The van der Waals surface area contributed by atoms with Gasteiger partial charge in [-0.05, 0) is 6.07 Å². The molecule has 0 radical (unpaired) electrons. The largest absolute Gasteiger partial charge is 0.471 e. The molecule has 0 bridgehead atoms. The third-order valence-corrected chi connectivity index (χ3v) is 3.65. The van der Waals surface area contributed by atoms with E-state index < -0.39 is 11.7 Å². The summed E-state index contributed by atoms with van der Waals surface area (Å²) in [5, 5.41) is 0. The molecule has 3 rings (SSSR count). The van der Waals surface area contributed by atoms with Gasteiger partial charge < -0.3 is 4.74 Å². The zero-order chi connectivity index (χ0) is 16.7. The first-order valence-electron chi connectivity index (χ1n) is 6.95. The molecule has 2 heterocycles. The van der Waals surface area contributed by atoms with Crippen LogP contribution in [0.4, 0.5) is 24.5 Å². The predicted molar refractivity (Wildman–Crippen MR) is 81.8 cm³/mol. The van der Waals surface area contributed by atoms with E-state index in [0.717, 1.165) is 11.8 Å². The molecule has 0 atom stereocenters. The number of quaternary nitrogens is 1. The Kier molecular flexibility index (Phi) is 3.60. The van der Waals surface area contributed by atoms with Crippen molar-refractivity contribution >= 4 is 17.7 Å². The zero-order valence-corrected chi connectivity index (χ0v) is 12.6. The van der Waals surface area contributed by atoms with Gasteiger partial charge in [0.2, 0.25) is 5.88 Å². The molecule has 0 fully saturated rings. The average Bonchev–Trinajstić information content (AvgIpc) is 2.81. The first-order valence-corrected chi connectivity index (χ1v) is 6.95. The Balaban J connectivity index is 1.87. The maximum absolute atomic E-state index is 13.0. The van der Waals surface area contributed by atoms with Gasteiger partial charge in [0.15, 0.2) is 17.7 Å². The summed E-state index contributed by atoms with van der Waals surface area (Å²) in [6, 6.07) is 7.16. The van der Waals surface area contributed by atoms with Gasteiger partial charge in [-0.2, -0.15) is 18.2 Å². The van der Waals surface area contributed by atoms with Crippen molar-refractivity contribution < 1.29 is 17.9 Å². The molecular formula is C16H15F3N3O+. The fraction of sp³-hybridized carbons (Fsp3) is 0.250. The summed E-state index contributed by atoms with van der Waals surface area (Å²) in [7, 11) is 3.89. The number of ether oxygens (including phenoxy) is 1. The molecule has 0 amide bonds. The topological polar surface area (TPSA) is 34.5 Å². The van der Waals surface area contributed by atoms with Gasteiger partial charge in [0, 0.05) is 17.8 Å². The van der Waals surface area contributed by atoms with Gasteiger partial charge in [-0.1, -0.05) is 18.2 Å². The Morgan fingerprint density at radius 1 is 1.13 bits per heavy atom. The van der Waals surface area contributed by atoms with Crippen LogP contribution in [0, 0.1) is 0 Å². The van der Waals surface area contributed by atoms with Crippen LogP contribution < -0.4 is 9.22 Å². The van der Waals surface area contributed by atoms with Crippen molar-refractivity contribution in [2.45, 2.75) is 12.8 Å². The SMILES string of the molecule is C[N+]1(C)C=Nc2c1ccnc2OCc1ccccc1C(F)(F)F. The number of alkyl halides is 3. The lowest BCUT2D eigenvalue weighted by Crippen LogP contribution is -2.36. The van der Waals surface area contributed by atoms with E-state index in [9.17, 15) is 13.2 Å². The lowest BCUT2D eigenvalue weighted by Gasteiger charge is -2.19. The number of aliphatic imine (C=N–C) groups is 1. The molecule has 1 aromatic heterocycles. The minimum Gasteiger partial charge on any atom is -0.471 e. The second-order valence-electron chi connectivity index (χ2n) is 5.71. The van der Waals surface area contributed by atoms with Crippen LogP contribution in [-0.4, -0.2) is 25.4 Å². The molecule has 0 saturated heterocycles. The van der Waals surface area contributed by atoms with Crippen molar-refractivity contribution in [2.75, 3.05) is 14.1 Å². The molecule has 0 saturated carbocycles. The molecule has 0 spiro atoms. The number of nitrogens with zero attached hydrogens (tertiary/aromatic N) is 3. The van der Waals surface area contributed by atoms with Crippen molar-refractivity contribution in [3.63, 3.8) is 0 Å². The smallest absolute Gasteiger partial charge is 0.416 e. The second-order valence-corrected chi connectivity index (χ2v) is 5.71. The summed E-state index contributed by atoms with van der Waals surface area (Å²) in [6.07, 6.45) is -1.12. The van der Waals surface area contributed by atoms with Crippen molar-refractivity contribution in [3.8, 4) is 5.88 Å². The van der Waals surface area contributed by atoms with Crippen LogP contribution in [0.5, 0.6) is 5.88 Å². The third kappa shape index (κ3) is 2.92. The lowest BCUT2D eigenvalue weighted by atomic mass is 10.1. The maximum Gasteiger partial charge on any atom is 0.416 e. The predicted octanol–water partition coefficient (Wildman–Crippen LogP) is 3.92. The van der Waals surface area contributed by atoms with E-state index >= 15 is 0 Å². The molecule has 23 heavy (non-hydrogen) atoms. The van der Waals surface area contributed by atoms with Gasteiger partial charge >= 0.3 is 6.18 Å². The van der Waals surface area contributed by atoms with E-state index in [-0.39, 0.29) is 18.1 Å². The van der Waals surface area contributed by atoms with Crippen molar-refractivity contribution in [1.82, 2.24) is 9.47 Å². The summed E-state index contributed by atoms with van der Waals surface area (Å²) >= 11 is 0. The van der Waals surface area contributed by atoms with Crippen LogP contribution in [0.3, 0.4) is 0 Å².